The van der Waals surface area contributed by atoms with Crippen LogP contribution in [0.25, 0.3) is 0 Å². The molecule has 1 aliphatic heterocycles. The molecule has 134 valence electrons. The number of aromatic nitrogens is 1. The third-order valence-electron chi connectivity index (χ3n) is 4.65. The summed E-state index contributed by atoms with van der Waals surface area (Å²) in [6.45, 7) is 8.00. The highest BCUT2D eigenvalue weighted by Crippen LogP contribution is 2.30. The van der Waals surface area contributed by atoms with E-state index in [0.717, 1.165) is 24.5 Å². The Morgan fingerprint density at radius 1 is 1.36 bits per heavy atom. The maximum atomic E-state index is 12.9. The average molecular weight is 343 g/mol. The van der Waals surface area contributed by atoms with Gasteiger partial charge in [0.25, 0.3) is 5.91 Å². The second kappa shape index (κ2) is 7.17. The first-order valence-corrected chi connectivity index (χ1v) is 8.70. The highest BCUT2D eigenvalue weighted by Gasteiger charge is 2.32. The summed E-state index contributed by atoms with van der Waals surface area (Å²) in [6.07, 6.45) is 0.686. The largest absolute Gasteiger partial charge is 0.495 e. The number of para-hydroxylation sites is 2. The molecule has 1 amide bonds. The fourth-order valence-corrected chi connectivity index (χ4v) is 3.30. The van der Waals surface area contributed by atoms with Gasteiger partial charge in [-0.05, 0) is 26.0 Å². The van der Waals surface area contributed by atoms with E-state index in [1.54, 1.807) is 7.11 Å². The van der Waals surface area contributed by atoms with Gasteiger partial charge >= 0.3 is 0 Å². The van der Waals surface area contributed by atoms with Crippen LogP contribution in [0.5, 0.6) is 5.75 Å². The molecule has 2 aromatic rings. The molecule has 1 fully saturated rings. The van der Waals surface area contributed by atoms with E-state index in [9.17, 15) is 4.79 Å². The van der Waals surface area contributed by atoms with Crippen molar-refractivity contribution in [2.24, 2.45) is 0 Å². The van der Waals surface area contributed by atoms with Gasteiger partial charge < -0.3 is 19.0 Å². The molecule has 0 saturated carbocycles. The lowest BCUT2D eigenvalue weighted by Gasteiger charge is -2.41. The van der Waals surface area contributed by atoms with E-state index in [4.69, 9.17) is 9.15 Å². The van der Waals surface area contributed by atoms with Crippen LogP contribution in [0, 0.1) is 6.92 Å². The van der Waals surface area contributed by atoms with E-state index in [1.165, 1.54) is 0 Å². The second-order valence-corrected chi connectivity index (χ2v) is 6.34. The molecule has 6 heteroatoms. The van der Waals surface area contributed by atoms with Crippen LogP contribution in [-0.2, 0) is 6.42 Å². The highest BCUT2D eigenvalue weighted by molar-refractivity contribution is 5.93. The molecule has 0 radical (unpaired) electrons. The number of oxazole rings is 1. The number of methoxy groups -OCH3 is 1. The minimum atomic E-state index is -0.0723. The first-order valence-electron chi connectivity index (χ1n) is 8.70. The summed E-state index contributed by atoms with van der Waals surface area (Å²) >= 11 is 0. The molecule has 0 N–H and O–H groups in total. The van der Waals surface area contributed by atoms with E-state index in [0.29, 0.717) is 30.3 Å². The van der Waals surface area contributed by atoms with Crippen molar-refractivity contribution in [3.05, 3.63) is 41.6 Å². The lowest BCUT2D eigenvalue weighted by atomic mass is 10.1. The molecule has 1 unspecified atom stereocenters. The Kier molecular flexibility index (Phi) is 4.97. The van der Waals surface area contributed by atoms with Crippen molar-refractivity contribution in [3.63, 3.8) is 0 Å². The zero-order valence-corrected chi connectivity index (χ0v) is 15.3. The Bertz CT molecular complexity index is 756. The summed E-state index contributed by atoms with van der Waals surface area (Å²) < 4.78 is 11.1. The Labute approximate surface area is 148 Å². The van der Waals surface area contributed by atoms with Crippen molar-refractivity contribution >= 4 is 11.6 Å². The van der Waals surface area contributed by atoms with Crippen molar-refractivity contribution in [1.29, 1.82) is 0 Å². The number of nitrogens with zero attached hydrogens (tertiary/aromatic N) is 3. The van der Waals surface area contributed by atoms with Crippen LogP contribution in [0.15, 0.2) is 28.7 Å². The van der Waals surface area contributed by atoms with Crippen molar-refractivity contribution in [2.75, 3.05) is 31.6 Å². The smallest absolute Gasteiger partial charge is 0.291 e. The van der Waals surface area contributed by atoms with E-state index in [1.807, 2.05) is 36.9 Å². The minimum absolute atomic E-state index is 0.0701. The maximum Gasteiger partial charge on any atom is 0.291 e. The van der Waals surface area contributed by atoms with Gasteiger partial charge in [-0.2, -0.15) is 0 Å². The molecule has 1 aromatic heterocycles. The van der Waals surface area contributed by atoms with Crippen molar-refractivity contribution < 1.29 is 13.9 Å². The fraction of sp³-hybridized carbons (Fsp3) is 0.474. The van der Waals surface area contributed by atoms with Crippen LogP contribution in [0.4, 0.5) is 5.69 Å². The molecule has 0 aliphatic carbocycles. The fourth-order valence-electron chi connectivity index (χ4n) is 3.30. The maximum absolute atomic E-state index is 12.9. The van der Waals surface area contributed by atoms with Gasteiger partial charge in [-0.1, -0.05) is 19.1 Å². The number of benzene rings is 1. The van der Waals surface area contributed by atoms with Crippen LogP contribution in [0.2, 0.25) is 0 Å². The number of carbonyl (C=O) groups is 1. The number of carbonyl (C=O) groups excluding carboxylic acids is 1. The lowest BCUT2D eigenvalue weighted by Crippen LogP contribution is -2.54. The average Bonchev–Trinajstić information content (AvgIpc) is 3.02. The number of rotatable bonds is 4. The summed E-state index contributed by atoms with van der Waals surface area (Å²) in [5, 5.41) is 0. The van der Waals surface area contributed by atoms with Gasteiger partial charge in [0.1, 0.15) is 5.75 Å². The van der Waals surface area contributed by atoms with Crippen molar-refractivity contribution in [1.82, 2.24) is 9.88 Å². The summed E-state index contributed by atoms with van der Waals surface area (Å²) in [7, 11) is 1.68. The van der Waals surface area contributed by atoms with E-state index in [2.05, 4.69) is 22.9 Å². The molecule has 2 heterocycles. The number of piperazine rings is 1. The second-order valence-electron chi connectivity index (χ2n) is 6.34. The Balaban J connectivity index is 1.75. The van der Waals surface area contributed by atoms with Crippen LogP contribution < -0.4 is 9.64 Å². The topological polar surface area (TPSA) is 58.8 Å². The predicted octanol–water partition coefficient (Wildman–Crippen LogP) is 2.90. The number of ether oxygens (including phenoxy) is 1. The van der Waals surface area contributed by atoms with Crippen LogP contribution in [0.3, 0.4) is 0 Å². The third-order valence-corrected chi connectivity index (χ3v) is 4.65. The van der Waals surface area contributed by atoms with E-state index >= 15 is 0 Å². The third kappa shape index (κ3) is 3.34. The van der Waals surface area contributed by atoms with E-state index < -0.39 is 0 Å². The lowest BCUT2D eigenvalue weighted by molar-refractivity contribution is 0.0638. The van der Waals surface area contributed by atoms with Crippen molar-refractivity contribution in [3.8, 4) is 5.75 Å². The summed E-state index contributed by atoms with van der Waals surface area (Å²) in [6, 6.07) is 8.05. The van der Waals surface area contributed by atoms with Gasteiger partial charge in [-0.25, -0.2) is 4.98 Å². The summed E-state index contributed by atoms with van der Waals surface area (Å²) in [4.78, 5) is 21.3. The molecular weight excluding hydrogens is 318 g/mol. The molecule has 1 atom stereocenters. The number of amides is 1. The Hall–Kier alpha value is -2.50. The number of hydrogen-bond acceptors (Lipinski definition) is 5. The van der Waals surface area contributed by atoms with E-state index in [-0.39, 0.29) is 11.9 Å². The molecule has 1 saturated heterocycles. The molecule has 3 rings (SSSR count). The number of aryl methyl sites for hydroxylation is 2. The molecule has 1 aliphatic rings. The van der Waals surface area contributed by atoms with Crippen LogP contribution in [-0.4, -0.2) is 48.6 Å². The quantitative estimate of drug-likeness (QED) is 0.854. The molecule has 25 heavy (non-hydrogen) atoms. The zero-order chi connectivity index (χ0) is 18.0. The Morgan fingerprint density at radius 2 is 2.12 bits per heavy atom. The monoisotopic (exact) mass is 343 g/mol. The molecule has 0 spiro atoms. The summed E-state index contributed by atoms with van der Waals surface area (Å²) in [5.74, 6) is 1.76. The Morgan fingerprint density at radius 3 is 2.76 bits per heavy atom. The molecule has 6 nitrogen and oxygen atoms in total. The van der Waals surface area contributed by atoms with Gasteiger partial charge in [0.2, 0.25) is 5.76 Å². The number of anilines is 1. The molecule has 1 aromatic carbocycles. The SMILES string of the molecule is CCc1nc(C)c(C(=O)N2CCN(c3ccccc3OC)CC2C)o1. The van der Waals surface area contributed by atoms with Gasteiger partial charge in [0.15, 0.2) is 5.89 Å². The highest BCUT2D eigenvalue weighted by atomic mass is 16.5. The standard InChI is InChI=1S/C19H25N3O3/c1-5-17-20-14(3)18(25-17)19(23)22-11-10-21(12-13(22)2)15-8-6-7-9-16(15)24-4/h6-9,13H,5,10-12H2,1-4H3. The van der Waals surface area contributed by atoms with Gasteiger partial charge in [0.05, 0.1) is 18.5 Å². The van der Waals surface area contributed by atoms with Crippen LogP contribution >= 0.6 is 0 Å². The van der Waals surface area contributed by atoms with Gasteiger partial charge in [-0.3, -0.25) is 4.79 Å². The zero-order valence-electron chi connectivity index (χ0n) is 15.3. The number of hydrogen-bond donors (Lipinski definition) is 0. The predicted molar refractivity (Wildman–Crippen MR) is 96.3 cm³/mol. The normalized spacial score (nSPS) is 17.7. The summed E-state index contributed by atoms with van der Waals surface area (Å²) in [5.41, 5.74) is 1.73. The van der Waals surface area contributed by atoms with Gasteiger partial charge in [0, 0.05) is 32.1 Å². The first-order chi connectivity index (χ1) is 12.0. The molecule has 0 bridgehead atoms. The van der Waals surface area contributed by atoms with Crippen LogP contribution in [0.1, 0.15) is 36.0 Å². The van der Waals surface area contributed by atoms with Gasteiger partial charge in [-0.15, -0.1) is 0 Å². The minimum Gasteiger partial charge on any atom is -0.495 e. The molecular formula is C19H25N3O3. The van der Waals surface area contributed by atoms with Crippen molar-refractivity contribution in [2.45, 2.75) is 33.2 Å². The first kappa shape index (κ1) is 17.3.